The van der Waals surface area contributed by atoms with Gasteiger partial charge in [-0.05, 0) is 37.5 Å². The Hall–Kier alpha value is -2.81. The van der Waals surface area contributed by atoms with Crippen LogP contribution in [0.1, 0.15) is 17.7 Å². The van der Waals surface area contributed by atoms with Gasteiger partial charge in [-0.15, -0.1) is 0 Å². The van der Waals surface area contributed by atoms with Gasteiger partial charge in [0.25, 0.3) is 0 Å². The molecule has 1 N–H and O–H groups in total. The van der Waals surface area contributed by atoms with Crippen LogP contribution in [0.5, 0.6) is 0 Å². The number of anilines is 1. The number of pyridine rings is 1. The number of aryl methyl sites for hydroxylation is 3. The summed E-state index contributed by atoms with van der Waals surface area (Å²) in [7, 11) is 1.92. The molecule has 0 unspecified atom stereocenters. The third-order valence-electron chi connectivity index (χ3n) is 4.87. The molecular formula is C22H23N3. The fourth-order valence-corrected chi connectivity index (χ4v) is 3.72. The molecule has 2 aromatic carbocycles. The van der Waals surface area contributed by atoms with E-state index in [9.17, 15) is 0 Å². The number of para-hydroxylation sites is 1. The van der Waals surface area contributed by atoms with E-state index in [1.807, 2.05) is 7.05 Å². The predicted octanol–water partition coefficient (Wildman–Crippen LogP) is 5.17. The maximum Gasteiger partial charge on any atom is 0.126 e. The number of nitrogens with one attached hydrogen (secondary N) is 1. The number of fused-ring (bicyclic) bond motifs is 3. The summed E-state index contributed by atoms with van der Waals surface area (Å²) in [5.41, 5.74) is 5.03. The van der Waals surface area contributed by atoms with Crippen LogP contribution in [-0.2, 0) is 13.0 Å². The summed E-state index contributed by atoms with van der Waals surface area (Å²) in [6, 6.07) is 21.5. The Labute approximate surface area is 148 Å². The molecular weight excluding hydrogens is 306 g/mol. The molecule has 0 spiro atoms. The Balaban J connectivity index is 1.76. The highest BCUT2D eigenvalue weighted by Gasteiger charge is 2.14. The molecule has 0 saturated heterocycles. The van der Waals surface area contributed by atoms with Crippen molar-refractivity contribution in [3.63, 3.8) is 0 Å². The monoisotopic (exact) mass is 329 g/mol. The topological polar surface area (TPSA) is 29.9 Å². The normalized spacial score (nSPS) is 11.3. The van der Waals surface area contributed by atoms with Crippen LogP contribution in [0.15, 0.2) is 60.7 Å². The molecule has 0 aliphatic heterocycles. The fourth-order valence-electron chi connectivity index (χ4n) is 3.72. The second-order valence-corrected chi connectivity index (χ2v) is 6.50. The molecule has 4 rings (SSSR count). The first kappa shape index (κ1) is 15.7. The van der Waals surface area contributed by atoms with Crippen LogP contribution in [0.4, 0.5) is 5.82 Å². The molecule has 0 amide bonds. The van der Waals surface area contributed by atoms with Gasteiger partial charge in [-0.1, -0.05) is 48.5 Å². The van der Waals surface area contributed by atoms with Gasteiger partial charge in [-0.25, -0.2) is 4.98 Å². The maximum absolute atomic E-state index is 4.71. The van der Waals surface area contributed by atoms with Crippen LogP contribution in [0.2, 0.25) is 0 Å². The first-order valence-electron chi connectivity index (χ1n) is 8.88. The Kier molecular flexibility index (Phi) is 4.14. The lowest BCUT2D eigenvalue weighted by molar-refractivity contribution is 0.676. The van der Waals surface area contributed by atoms with Crippen LogP contribution in [0, 0.1) is 6.92 Å². The highest BCUT2D eigenvalue weighted by Crippen LogP contribution is 2.32. The Morgan fingerprint density at radius 3 is 2.52 bits per heavy atom. The van der Waals surface area contributed by atoms with Crippen molar-refractivity contribution in [3.05, 3.63) is 71.9 Å². The molecule has 0 radical (unpaired) electrons. The van der Waals surface area contributed by atoms with Gasteiger partial charge in [0.2, 0.25) is 0 Å². The zero-order chi connectivity index (χ0) is 17.2. The third-order valence-corrected chi connectivity index (χ3v) is 4.87. The molecule has 4 aromatic rings. The number of hydrogen-bond acceptors (Lipinski definition) is 2. The van der Waals surface area contributed by atoms with Gasteiger partial charge < -0.3 is 9.88 Å². The summed E-state index contributed by atoms with van der Waals surface area (Å²) in [5, 5.41) is 5.77. The molecule has 3 nitrogen and oxygen atoms in total. The summed E-state index contributed by atoms with van der Waals surface area (Å²) in [6.45, 7) is 3.11. The summed E-state index contributed by atoms with van der Waals surface area (Å²) in [4.78, 5) is 4.71. The van der Waals surface area contributed by atoms with Gasteiger partial charge in [0, 0.05) is 29.9 Å². The van der Waals surface area contributed by atoms with E-state index in [0.717, 1.165) is 30.9 Å². The first-order chi connectivity index (χ1) is 12.3. The van der Waals surface area contributed by atoms with Crippen LogP contribution < -0.4 is 5.32 Å². The molecule has 0 bridgehead atoms. The highest BCUT2D eigenvalue weighted by atomic mass is 15.0. The number of nitrogens with zero attached hydrogens (tertiary/aromatic N) is 2. The maximum atomic E-state index is 4.71. The van der Waals surface area contributed by atoms with E-state index >= 15 is 0 Å². The van der Waals surface area contributed by atoms with Crippen molar-refractivity contribution < 1.29 is 0 Å². The zero-order valence-electron chi connectivity index (χ0n) is 14.8. The SMILES string of the molecule is CNc1cc2c3ccccc3n(CCCc3ccccc3)c2c(C)n1. The van der Waals surface area contributed by atoms with Crippen molar-refractivity contribution in [2.24, 2.45) is 0 Å². The molecule has 0 aliphatic carbocycles. The van der Waals surface area contributed by atoms with E-state index in [0.29, 0.717) is 0 Å². The Bertz CT molecular complexity index is 1020. The minimum atomic E-state index is 0.928. The van der Waals surface area contributed by atoms with Crippen LogP contribution in [0.25, 0.3) is 21.8 Å². The van der Waals surface area contributed by atoms with E-state index in [1.54, 1.807) is 0 Å². The fraction of sp³-hybridized carbons (Fsp3) is 0.227. The number of rotatable bonds is 5. The van der Waals surface area contributed by atoms with Crippen molar-refractivity contribution in [2.75, 3.05) is 12.4 Å². The van der Waals surface area contributed by atoms with Gasteiger partial charge in [-0.2, -0.15) is 0 Å². The first-order valence-corrected chi connectivity index (χ1v) is 8.88. The van der Waals surface area contributed by atoms with Gasteiger partial charge in [0.05, 0.1) is 11.2 Å². The van der Waals surface area contributed by atoms with Gasteiger partial charge in [-0.3, -0.25) is 0 Å². The van der Waals surface area contributed by atoms with Crippen LogP contribution in [0.3, 0.4) is 0 Å². The lowest BCUT2D eigenvalue weighted by atomic mass is 10.1. The number of hydrogen-bond donors (Lipinski definition) is 1. The largest absolute Gasteiger partial charge is 0.373 e. The molecule has 126 valence electrons. The summed E-state index contributed by atoms with van der Waals surface area (Å²) in [6.07, 6.45) is 2.21. The Morgan fingerprint density at radius 1 is 0.960 bits per heavy atom. The third kappa shape index (κ3) is 2.86. The van der Waals surface area contributed by atoms with Crippen molar-refractivity contribution in [1.29, 1.82) is 0 Å². The number of aromatic nitrogens is 2. The van der Waals surface area contributed by atoms with E-state index < -0.39 is 0 Å². The molecule has 0 fully saturated rings. The van der Waals surface area contributed by atoms with Crippen LogP contribution in [-0.4, -0.2) is 16.6 Å². The predicted molar refractivity (Wildman–Crippen MR) is 106 cm³/mol. The smallest absolute Gasteiger partial charge is 0.126 e. The van der Waals surface area contributed by atoms with Crippen molar-refractivity contribution in [1.82, 2.24) is 9.55 Å². The molecule has 2 aromatic heterocycles. The minimum Gasteiger partial charge on any atom is -0.373 e. The highest BCUT2D eigenvalue weighted by molar-refractivity contribution is 6.09. The van der Waals surface area contributed by atoms with Crippen LogP contribution >= 0.6 is 0 Å². The van der Waals surface area contributed by atoms with Crippen molar-refractivity contribution >= 4 is 27.6 Å². The molecule has 3 heteroatoms. The van der Waals surface area contributed by atoms with E-state index in [2.05, 4.69) is 77.5 Å². The second-order valence-electron chi connectivity index (χ2n) is 6.50. The summed E-state index contributed by atoms with van der Waals surface area (Å²) >= 11 is 0. The lowest BCUT2D eigenvalue weighted by Gasteiger charge is -2.10. The summed E-state index contributed by atoms with van der Waals surface area (Å²) < 4.78 is 2.44. The van der Waals surface area contributed by atoms with Crippen molar-refractivity contribution in [2.45, 2.75) is 26.3 Å². The average molecular weight is 329 g/mol. The molecule has 0 atom stereocenters. The standard InChI is InChI=1S/C22H23N3/c1-16-22-19(15-21(23-2)24-16)18-12-6-7-13-20(18)25(22)14-8-11-17-9-4-3-5-10-17/h3-7,9-10,12-13,15H,8,11,14H2,1-2H3,(H,23,24). The van der Waals surface area contributed by atoms with Gasteiger partial charge >= 0.3 is 0 Å². The van der Waals surface area contributed by atoms with E-state index in [-0.39, 0.29) is 0 Å². The molecule has 2 heterocycles. The van der Waals surface area contributed by atoms with E-state index in [4.69, 9.17) is 4.98 Å². The summed E-state index contributed by atoms with van der Waals surface area (Å²) in [5.74, 6) is 0.928. The average Bonchev–Trinajstić information content (AvgIpc) is 2.97. The molecule has 0 saturated carbocycles. The van der Waals surface area contributed by atoms with E-state index in [1.165, 1.54) is 27.4 Å². The lowest BCUT2D eigenvalue weighted by Crippen LogP contribution is -2.02. The van der Waals surface area contributed by atoms with Crippen molar-refractivity contribution in [3.8, 4) is 0 Å². The second kappa shape index (κ2) is 6.60. The molecule has 25 heavy (non-hydrogen) atoms. The molecule has 0 aliphatic rings. The van der Waals surface area contributed by atoms with Gasteiger partial charge in [0.15, 0.2) is 0 Å². The Morgan fingerprint density at radius 2 is 1.72 bits per heavy atom. The van der Waals surface area contributed by atoms with Gasteiger partial charge in [0.1, 0.15) is 5.82 Å². The zero-order valence-corrected chi connectivity index (χ0v) is 14.8. The number of benzene rings is 2. The quantitative estimate of drug-likeness (QED) is 0.547. The minimum absolute atomic E-state index is 0.928.